The van der Waals surface area contributed by atoms with E-state index in [1.165, 1.54) is 17.0 Å². The molecule has 1 saturated heterocycles. The summed E-state index contributed by atoms with van der Waals surface area (Å²) in [6.07, 6.45) is 0. The molecule has 0 bridgehead atoms. The van der Waals surface area contributed by atoms with Crippen LogP contribution in [0.25, 0.3) is 0 Å². The molecule has 2 heterocycles. The van der Waals surface area contributed by atoms with Crippen LogP contribution >= 0.6 is 0 Å². The van der Waals surface area contributed by atoms with Gasteiger partial charge < -0.3 is 4.74 Å². The van der Waals surface area contributed by atoms with Crippen molar-refractivity contribution in [2.75, 3.05) is 17.0 Å². The van der Waals surface area contributed by atoms with Gasteiger partial charge in [0, 0.05) is 6.07 Å². The van der Waals surface area contributed by atoms with E-state index in [9.17, 15) is 9.59 Å². The molecule has 4 rings (SSSR count). The number of aryl methyl sites for hydroxylation is 2. The van der Waals surface area contributed by atoms with Crippen LogP contribution in [0.1, 0.15) is 11.1 Å². The highest BCUT2D eigenvalue weighted by molar-refractivity contribution is 6.26. The molecular weight excluding hydrogens is 332 g/mol. The largest absolute Gasteiger partial charge is 0.497 e. The Hall–Kier alpha value is -3.22. The van der Waals surface area contributed by atoms with E-state index in [1.54, 1.807) is 24.3 Å². The third-order valence-corrected chi connectivity index (χ3v) is 4.85. The second-order valence-electron chi connectivity index (χ2n) is 6.42. The molecule has 26 heavy (non-hydrogen) atoms. The van der Waals surface area contributed by atoms with Crippen molar-refractivity contribution in [1.29, 1.82) is 0 Å². The van der Waals surface area contributed by atoms with Crippen molar-refractivity contribution < 1.29 is 14.3 Å². The van der Waals surface area contributed by atoms with Gasteiger partial charge in [0.1, 0.15) is 5.75 Å². The number of fused-ring (bicyclic) bond motifs is 1. The first-order chi connectivity index (χ1) is 12.5. The van der Waals surface area contributed by atoms with Gasteiger partial charge in [0.15, 0.2) is 12.1 Å². The number of amides is 2. The molecule has 7 nitrogen and oxygen atoms in total. The zero-order chi connectivity index (χ0) is 18.4. The third-order valence-electron chi connectivity index (χ3n) is 4.85. The topological polar surface area (TPSA) is 74.6 Å². The summed E-state index contributed by atoms with van der Waals surface area (Å²) in [5.41, 5.74) is 3.46. The summed E-state index contributed by atoms with van der Waals surface area (Å²) >= 11 is 0. The average molecular weight is 350 g/mol. The molecule has 2 atom stereocenters. The number of ether oxygens (including phenoxy) is 1. The van der Waals surface area contributed by atoms with Crippen LogP contribution in [-0.4, -0.2) is 31.0 Å². The van der Waals surface area contributed by atoms with Gasteiger partial charge in [0.25, 0.3) is 11.8 Å². The molecule has 0 spiro atoms. The minimum atomic E-state index is -0.824. The number of methoxy groups -OCH3 is 1. The fourth-order valence-electron chi connectivity index (χ4n) is 3.25. The molecule has 7 heteroatoms. The molecule has 1 fully saturated rings. The van der Waals surface area contributed by atoms with E-state index < -0.39 is 12.1 Å². The van der Waals surface area contributed by atoms with E-state index in [0.717, 1.165) is 16.8 Å². The maximum absolute atomic E-state index is 13.0. The number of hydrogen-bond acceptors (Lipinski definition) is 6. The number of anilines is 2. The van der Waals surface area contributed by atoms with Gasteiger partial charge in [0.2, 0.25) is 0 Å². The van der Waals surface area contributed by atoms with Crippen LogP contribution in [0.2, 0.25) is 0 Å². The van der Waals surface area contributed by atoms with E-state index in [-0.39, 0.29) is 11.8 Å². The SMILES string of the molecule is COc1cccc(N2C(=O)[C@H]3N=NN(c4ccc(C)c(C)c4)[C@@H]3C2=O)c1. The van der Waals surface area contributed by atoms with Crippen LogP contribution in [0.4, 0.5) is 11.4 Å². The highest BCUT2D eigenvalue weighted by Gasteiger charge is 2.55. The summed E-state index contributed by atoms with van der Waals surface area (Å²) in [6.45, 7) is 4.01. The fraction of sp³-hybridized carbons (Fsp3) is 0.263. The zero-order valence-electron chi connectivity index (χ0n) is 14.7. The smallest absolute Gasteiger partial charge is 0.263 e. The number of hydrogen-bond donors (Lipinski definition) is 0. The van der Waals surface area contributed by atoms with Crippen molar-refractivity contribution in [3.8, 4) is 5.75 Å². The number of benzene rings is 2. The Kier molecular flexibility index (Phi) is 3.72. The Bertz CT molecular complexity index is 940. The van der Waals surface area contributed by atoms with Crippen LogP contribution in [0.15, 0.2) is 52.8 Å². The number of imide groups is 1. The molecule has 2 aliphatic heterocycles. The van der Waals surface area contributed by atoms with E-state index in [2.05, 4.69) is 10.3 Å². The van der Waals surface area contributed by atoms with Gasteiger partial charge >= 0.3 is 0 Å². The predicted molar refractivity (Wildman–Crippen MR) is 96.3 cm³/mol. The number of carbonyl (C=O) groups excluding carboxylic acids is 2. The quantitative estimate of drug-likeness (QED) is 0.798. The van der Waals surface area contributed by atoms with E-state index in [1.807, 2.05) is 32.0 Å². The minimum Gasteiger partial charge on any atom is -0.497 e. The number of carbonyl (C=O) groups is 2. The molecule has 2 aromatic carbocycles. The Morgan fingerprint density at radius 1 is 0.962 bits per heavy atom. The molecule has 0 aliphatic carbocycles. The second-order valence-corrected chi connectivity index (χ2v) is 6.42. The standard InChI is InChI=1S/C19H18N4O3/c1-11-7-8-14(9-12(11)2)23-17-16(20-21-23)18(24)22(19(17)25)13-5-4-6-15(10-13)26-3/h4-10,16-17H,1-3H3/t16-,17-/m0/s1. The van der Waals surface area contributed by atoms with Crippen molar-refractivity contribution in [2.24, 2.45) is 10.3 Å². The zero-order valence-corrected chi connectivity index (χ0v) is 14.7. The Labute approximate surface area is 150 Å². The maximum atomic E-state index is 13.0. The second kappa shape index (κ2) is 5.94. The molecule has 0 saturated carbocycles. The number of rotatable bonds is 3. The van der Waals surface area contributed by atoms with Gasteiger partial charge in [-0.2, -0.15) is 5.11 Å². The Morgan fingerprint density at radius 3 is 2.50 bits per heavy atom. The van der Waals surface area contributed by atoms with Crippen LogP contribution in [0.3, 0.4) is 0 Å². The normalized spacial score (nSPS) is 21.5. The van der Waals surface area contributed by atoms with Crippen molar-refractivity contribution in [3.63, 3.8) is 0 Å². The number of nitrogens with zero attached hydrogens (tertiary/aromatic N) is 4. The van der Waals surface area contributed by atoms with Crippen molar-refractivity contribution in [1.82, 2.24) is 0 Å². The van der Waals surface area contributed by atoms with Crippen LogP contribution in [0.5, 0.6) is 5.75 Å². The molecule has 0 N–H and O–H groups in total. The van der Waals surface area contributed by atoms with Crippen LogP contribution in [-0.2, 0) is 9.59 Å². The summed E-state index contributed by atoms with van der Waals surface area (Å²) in [6, 6.07) is 11.1. The molecule has 0 unspecified atom stereocenters. The molecule has 2 aromatic rings. The molecule has 132 valence electrons. The van der Waals surface area contributed by atoms with Gasteiger partial charge in [-0.25, -0.2) is 9.91 Å². The maximum Gasteiger partial charge on any atom is 0.263 e. The predicted octanol–water partition coefficient (Wildman–Crippen LogP) is 2.81. The Balaban J connectivity index is 1.70. The van der Waals surface area contributed by atoms with Gasteiger partial charge in [0.05, 0.1) is 18.5 Å². The first kappa shape index (κ1) is 16.3. The van der Waals surface area contributed by atoms with E-state index in [4.69, 9.17) is 4.74 Å². The van der Waals surface area contributed by atoms with Crippen LogP contribution < -0.4 is 14.6 Å². The first-order valence-electron chi connectivity index (χ1n) is 8.30. The van der Waals surface area contributed by atoms with Crippen molar-refractivity contribution >= 4 is 23.2 Å². The fourth-order valence-corrected chi connectivity index (χ4v) is 3.25. The average Bonchev–Trinajstić information content (AvgIpc) is 3.18. The summed E-state index contributed by atoms with van der Waals surface area (Å²) in [5, 5.41) is 9.69. The summed E-state index contributed by atoms with van der Waals surface area (Å²) < 4.78 is 5.19. The minimum absolute atomic E-state index is 0.337. The molecule has 2 amide bonds. The van der Waals surface area contributed by atoms with Gasteiger partial charge in [-0.15, -0.1) is 0 Å². The highest BCUT2D eigenvalue weighted by atomic mass is 16.5. The first-order valence-corrected chi connectivity index (χ1v) is 8.30. The lowest BCUT2D eigenvalue weighted by atomic mass is 10.1. The highest BCUT2D eigenvalue weighted by Crippen LogP contribution is 2.36. The van der Waals surface area contributed by atoms with E-state index >= 15 is 0 Å². The Morgan fingerprint density at radius 2 is 1.77 bits per heavy atom. The van der Waals surface area contributed by atoms with Crippen molar-refractivity contribution in [3.05, 3.63) is 53.6 Å². The lowest BCUT2D eigenvalue weighted by molar-refractivity contribution is -0.121. The van der Waals surface area contributed by atoms with Gasteiger partial charge in [-0.3, -0.25) is 9.59 Å². The molecule has 0 radical (unpaired) electrons. The van der Waals surface area contributed by atoms with Crippen molar-refractivity contribution in [2.45, 2.75) is 25.9 Å². The third kappa shape index (κ3) is 2.35. The molecular formula is C19H18N4O3. The summed E-state index contributed by atoms with van der Waals surface area (Å²) in [5.74, 6) is -0.132. The van der Waals surface area contributed by atoms with Gasteiger partial charge in [-0.1, -0.05) is 17.4 Å². The summed E-state index contributed by atoms with van der Waals surface area (Å²) in [4.78, 5) is 27.0. The lowest BCUT2D eigenvalue weighted by Gasteiger charge is -2.21. The van der Waals surface area contributed by atoms with Gasteiger partial charge in [-0.05, 0) is 49.2 Å². The summed E-state index contributed by atoms with van der Waals surface area (Å²) in [7, 11) is 1.54. The molecule has 2 aliphatic rings. The molecule has 0 aromatic heterocycles. The van der Waals surface area contributed by atoms with E-state index in [0.29, 0.717) is 11.4 Å². The lowest BCUT2D eigenvalue weighted by Crippen LogP contribution is -2.40. The van der Waals surface area contributed by atoms with Crippen LogP contribution in [0, 0.1) is 13.8 Å². The monoisotopic (exact) mass is 350 g/mol.